The second-order valence-corrected chi connectivity index (χ2v) is 10.4. The second kappa shape index (κ2) is 8.12. The van der Waals surface area contributed by atoms with Gasteiger partial charge in [0.1, 0.15) is 0 Å². The zero-order chi connectivity index (χ0) is 23.2. The van der Waals surface area contributed by atoms with E-state index >= 15 is 0 Å². The number of carbonyl (C=O) groups excluding carboxylic acids is 1. The van der Waals surface area contributed by atoms with Crippen LogP contribution >= 0.6 is 12.1 Å². The molecule has 2 N–H and O–H groups in total. The van der Waals surface area contributed by atoms with Gasteiger partial charge in [-0.3, -0.25) is 4.79 Å². The largest absolute Gasteiger partial charge is 0.416 e. The summed E-state index contributed by atoms with van der Waals surface area (Å²) in [6, 6.07) is 5.62. The van der Waals surface area contributed by atoms with Gasteiger partial charge in [0.2, 0.25) is 0 Å². The van der Waals surface area contributed by atoms with E-state index in [1.807, 2.05) is 11.2 Å². The van der Waals surface area contributed by atoms with Crippen LogP contribution in [0.15, 0.2) is 18.2 Å². The van der Waals surface area contributed by atoms with Crippen LogP contribution in [0.25, 0.3) is 0 Å². The standard InChI is InChI=1S/C22H27F3N4O2S/c1-19(31-2)13-29(14-19)32-28-17-4-3-15(22(23,24)25)11-16(17)18(30)27-21-8-5-20(12-26,6-9-21)7-10-21/h3-4,11,28H,5-10,13-14H2,1-2H3,(H,27,30). The van der Waals surface area contributed by atoms with Gasteiger partial charge < -0.3 is 14.8 Å². The van der Waals surface area contributed by atoms with Gasteiger partial charge in [-0.05, 0) is 63.6 Å². The van der Waals surface area contributed by atoms with E-state index < -0.39 is 23.2 Å². The Morgan fingerprint density at radius 2 is 1.81 bits per heavy atom. The van der Waals surface area contributed by atoms with E-state index in [0.29, 0.717) is 57.3 Å². The highest BCUT2D eigenvalue weighted by Crippen LogP contribution is 2.52. The molecule has 1 aromatic carbocycles. The topological polar surface area (TPSA) is 77.4 Å². The highest BCUT2D eigenvalue weighted by atomic mass is 32.2. The van der Waals surface area contributed by atoms with Crippen molar-refractivity contribution in [1.29, 1.82) is 5.26 Å². The first kappa shape index (κ1) is 23.2. The molecule has 0 spiro atoms. The predicted octanol–water partition coefficient (Wildman–Crippen LogP) is 4.75. The number of amides is 1. The van der Waals surface area contributed by atoms with Crippen molar-refractivity contribution < 1.29 is 22.7 Å². The molecule has 5 rings (SSSR count). The first-order valence-electron chi connectivity index (χ1n) is 10.7. The number of nitriles is 1. The minimum absolute atomic E-state index is 0.0283. The normalized spacial score (nSPS) is 29.1. The lowest BCUT2D eigenvalue weighted by molar-refractivity contribution is -0.137. The fourth-order valence-corrected chi connectivity index (χ4v) is 5.93. The Labute approximate surface area is 190 Å². The number of nitrogens with one attached hydrogen (secondary N) is 2. The van der Waals surface area contributed by atoms with Gasteiger partial charge in [-0.1, -0.05) is 0 Å². The summed E-state index contributed by atoms with van der Waals surface area (Å²) >= 11 is 1.25. The number of hydrogen-bond donors (Lipinski definition) is 2. The molecule has 3 saturated carbocycles. The van der Waals surface area contributed by atoms with E-state index in [9.17, 15) is 23.2 Å². The minimum Gasteiger partial charge on any atom is -0.376 e. The predicted molar refractivity (Wildman–Crippen MR) is 116 cm³/mol. The summed E-state index contributed by atoms with van der Waals surface area (Å²) < 4.78 is 50.5. The Morgan fingerprint density at radius 3 is 2.34 bits per heavy atom. The zero-order valence-electron chi connectivity index (χ0n) is 18.1. The van der Waals surface area contributed by atoms with Gasteiger partial charge in [0.15, 0.2) is 0 Å². The lowest BCUT2D eigenvalue weighted by Gasteiger charge is -2.50. The highest BCUT2D eigenvalue weighted by molar-refractivity contribution is 7.98. The van der Waals surface area contributed by atoms with E-state index in [4.69, 9.17) is 4.74 Å². The number of methoxy groups -OCH3 is 1. The first-order chi connectivity index (χ1) is 15.0. The van der Waals surface area contributed by atoms with Crippen LogP contribution in [0.3, 0.4) is 0 Å². The van der Waals surface area contributed by atoms with Crippen molar-refractivity contribution in [3.8, 4) is 6.07 Å². The van der Waals surface area contributed by atoms with E-state index in [0.717, 1.165) is 12.1 Å². The summed E-state index contributed by atoms with van der Waals surface area (Å²) in [7, 11) is 1.64. The highest BCUT2D eigenvalue weighted by Gasteiger charge is 2.49. The van der Waals surface area contributed by atoms with E-state index in [2.05, 4.69) is 16.1 Å². The molecule has 3 aliphatic carbocycles. The quantitative estimate of drug-likeness (QED) is 0.587. The van der Waals surface area contributed by atoms with Crippen LogP contribution in [0, 0.1) is 16.7 Å². The molecule has 6 nitrogen and oxygen atoms in total. The maximum atomic E-state index is 13.3. The molecule has 1 saturated heterocycles. The maximum Gasteiger partial charge on any atom is 0.416 e. The Balaban J connectivity index is 1.50. The van der Waals surface area contributed by atoms with Gasteiger partial charge >= 0.3 is 6.18 Å². The molecule has 1 heterocycles. The molecule has 0 radical (unpaired) electrons. The van der Waals surface area contributed by atoms with Crippen molar-refractivity contribution in [3.05, 3.63) is 29.3 Å². The molecule has 10 heteroatoms. The minimum atomic E-state index is -4.54. The number of anilines is 1. The number of halogens is 3. The monoisotopic (exact) mass is 468 g/mol. The van der Waals surface area contributed by atoms with Crippen molar-refractivity contribution in [2.24, 2.45) is 5.41 Å². The van der Waals surface area contributed by atoms with Crippen molar-refractivity contribution in [3.63, 3.8) is 0 Å². The summed E-state index contributed by atoms with van der Waals surface area (Å²) in [6.07, 6.45) is -0.398. The van der Waals surface area contributed by atoms with E-state index in [1.165, 1.54) is 18.2 Å². The van der Waals surface area contributed by atoms with Crippen molar-refractivity contribution in [2.75, 3.05) is 24.9 Å². The van der Waals surface area contributed by atoms with Crippen LogP contribution in [0.5, 0.6) is 0 Å². The Kier molecular flexibility index (Phi) is 5.89. The lowest BCUT2D eigenvalue weighted by atomic mass is 9.58. The molecule has 1 aliphatic heterocycles. The third-order valence-corrected chi connectivity index (χ3v) is 8.08. The number of nitrogens with zero attached hydrogens (tertiary/aromatic N) is 2. The average Bonchev–Trinajstić information content (AvgIpc) is 2.76. The molecule has 4 aliphatic rings. The molecular weight excluding hydrogens is 441 g/mol. The molecule has 1 aromatic rings. The van der Waals surface area contributed by atoms with Gasteiger partial charge in [-0.15, -0.1) is 0 Å². The third-order valence-electron chi connectivity index (χ3n) is 7.25. The van der Waals surface area contributed by atoms with Crippen LogP contribution < -0.4 is 10.0 Å². The van der Waals surface area contributed by atoms with Gasteiger partial charge in [0.05, 0.1) is 33.9 Å². The van der Waals surface area contributed by atoms with Crippen molar-refractivity contribution in [2.45, 2.75) is 62.8 Å². The molecule has 4 fully saturated rings. The molecule has 2 bridgehead atoms. The third kappa shape index (κ3) is 4.43. The van der Waals surface area contributed by atoms with E-state index in [-0.39, 0.29) is 16.6 Å². The summed E-state index contributed by atoms with van der Waals surface area (Å²) in [4.78, 5) is 13.2. The maximum absolute atomic E-state index is 13.3. The molecule has 0 atom stereocenters. The summed E-state index contributed by atoms with van der Waals surface area (Å²) in [6.45, 7) is 3.30. The summed E-state index contributed by atoms with van der Waals surface area (Å²) in [5.41, 5.74) is -1.55. The molecular formula is C22H27F3N4O2S. The fraction of sp³-hybridized carbons (Fsp3) is 0.636. The summed E-state index contributed by atoms with van der Waals surface area (Å²) in [5.74, 6) is -0.518. The number of benzene rings is 1. The fourth-order valence-electron chi connectivity index (χ4n) is 4.85. The first-order valence-corrected chi connectivity index (χ1v) is 11.5. The van der Waals surface area contributed by atoms with Crippen molar-refractivity contribution >= 4 is 23.7 Å². The van der Waals surface area contributed by atoms with Gasteiger partial charge in [-0.2, -0.15) is 18.4 Å². The number of rotatable bonds is 6. The van der Waals surface area contributed by atoms with Crippen LogP contribution in [0.2, 0.25) is 0 Å². The number of carbonyl (C=O) groups is 1. The Bertz CT molecular complexity index is 916. The van der Waals surface area contributed by atoms with Crippen LogP contribution in [-0.4, -0.2) is 41.6 Å². The molecule has 0 unspecified atom stereocenters. The number of alkyl halides is 3. The smallest absolute Gasteiger partial charge is 0.376 e. The lowest BCUT2D eigenvalue weighted by Crippen LogP contribution is -2.58. The molecule has 174 valence electrons. The van der Waals surface area contributed by atoms with Crippen LogP contribution in [0.1, 0.15) is 61.4 Å². The number of fused-ring (bicyclic) bond motifs is 3. The number of hydrogen-bond acceptors (Lipinski definition) is 6. The Hall–Kier alpha value is -1.96. The van der Waals surface area contributed by atoms with Crippen molar-refractivity contribution in [1.82, 2.24) is 9.62 Å². The second-order valence-electron chi connectivity index (χ2n) is 9.53. The zero-order valence-corrected chi connectivity index (χ0v) is 19.0. The summed E-state index contributed by atoms with van der Waals surface area (Å²) in [5, 5.41) is 12.5. The van der Waals surface area contributed by atoms with Gasteiger partial charge in [0, 0.05) is 37.9 Å². The Morgan fingerprint density at radius 1 is 1.19 bits per heavy atom. The van der Waals surface area contributed by atoms with Crippen LogP contribution in [-0.2, 0) is 10.9 Å². The van der Waals surface area contributed by atoms with Gasteiger partial charge in [-0.25, -0.2) is 4.31 Å². The SMILES string of the molecule is COC1(C)CN(SNc2ccc(C(F)(F)F)cc2C(=O)NC23CCC(C#N)(CC2)CC3)C1. The number of ether oxygens (including phenoxy) is 1. The average molecular weight is 469 g/mol. The van der Waals surface area contributed by atoms with Crippen LogP contribution in [0.4, 0.5) is 18.9 Å². The van der Waals surface area contributed by atoms with E-state index in [1.54, 1.807) is 7.11 Å². The molecule has 0 aromatic heterocycles. The van der Waals surface area contributed by atoms with Gasteiger partial charge in [0.25, 0.3) is 5.91 Å². The molecule has 32 heavy (non-hydrogen) atoms. The molecule has 1 amide bonds.